The van der Waals surface area contributed by atoms with Crippen LogP contribution in [-0.2, 0) is 16.1 Å². The summed E-state index contributed by atoms with van der Waals surface area (Å²) in [6.07, 6.45) is -6.59. The Morgan fingerprint density at radius 1 is 1.15 bits per heavy atom. The van der Waals surface area contributed by atoms with Crippen molar-refractivity contribution in [3.8, 4) is 11.4 Å². The van der Waals surface area contributed by atoms with Crippen molar-refractivity contribution in [1.82, 2.24) is 34.8 Å². The third-order valence-electron chi connectivity index (χ3n) is 5.83. The minimum atomic E-state index is -4.69. The third kappa shape index (κ3) is 5.79. The Hall–Kier alpha value is -3.99. The monoisotopic (exact) mass is 582 g/mol. The van der Waals surface area contributed by atoms with Crippen molar-refractivity contribution in [3.05, 3.63) is 59.7 Å². The van der Waals surface area contributed by atoms with E-state index in [4.69, 9.17) is 16.3 Å². The first-order valence-electron chi connectivity index (χ1n) is 11.6. The number of halogens is 5. The number of imidazole rings is 1. The number of ether oxygens (including phenoxy) is 1. The number of aliphatic hydroxyl groups excluding tert-OH is 2. The van der Waals surface area contributed by atoms with Gasteiger partial charge in [0.15, 0.2) is 35.1 Å². The molecule has 0 unspecified atom stereocenters. The maximum absolute atomic E-state index is 13.9. The van der Waals surface area contributed by atoms with Crippen LogP contribution in [-0.4, -0.2) is 76.6 Å². The Bertz CT molecular complexity index is 1560. The van der Waals surface area contributed by atoms with Gasteiger partial charge in [0.2, 0.25) is 0 Å². The molecule has 0 saturated carbocycles. The maximum atomic E-state index is 13.9. The number of anilines is 1. The fourth-order valence-electron chi connectivity index (χ4n) is 4.00. The van der Waals surface area contributed by atoms with E-state index in [9.17, 15) is 32.6 Å². The summed E-state index contributed by atoms with van der Waals surface area (Å²) in [7, 11) is 0. The summed E-state index contributed by atoms with van der Waals surface area (Å²) in [5.74, 6) is -1.77. The number of carbonyl (C=O) groups is 1. The molecule has 4 N–H and O–H groups in total. The molecule has 17 heteroatoms. The number of carbonyl (C=O) groups excluding carboxylic acids is 1. The highest BCUT2D eigenvalue weighted by molar-refractivity contribution is 6.30. The van der Waals surface area contributed by atoms with Gasteiger partial charge >= 0.3 is 6.18 Å². The van der Waals surface area contributed by atoms with Crippen molar-refractivity contribution in [2.24, 2.45) is 0 Å². The van der Waals surface area contributed by atoms with Gasteiger partial charge < -0.3 is 25.6 Å². The normalized spacial score (nSPS) is 21.1. The van der Waals surface area contributed by atoms with Crippen LogP contribution in [0.2, 0.25) is 5.02 Å². The predicted molar refractivity (Wildman–Crippen MR) is 130 cm³/mol. The molecule has 5 rings (SSSR count). The van der Waals surface area contributed by atoms with Gasteiger partial charge in [0, 0.05) is 23.0 Å². The van der Waals surface area contributed by atoms with E-state index >= 15 is 0 Å². The molecule has 1 aliphatic heterocycles. The third-order valence-corrected chi connectivity index (χ3v) is 6.07. The number of alkyl halides is 3. The van der Waals surface area contributed by atoms with Gasteiger partial charge in [0.05, 0.1) is 24.8 Å². The van der Waals surface area contributed by atoms with Crippen LogP contribution in [0.5, 0.6) is 0 Å². The number of hydrogen-bond donors (Lipinski definition) is 4. The summed E-state index contributed by atoms with van der Waals surface area (Å²) >= 11 is 6.03. The molecule has 1 amide bonds. The molecule has 210 valence electrons. The van der Waals surface area contributed by atoms with Crippen molar-refractivity contribution in [2.75, 3.05) is 11.9 Å². The van der Waals surface area contributed by atoms with Crippen LogP contribution in [0.15, 0.2) is 43.1 Å². The van der Waals surface area contributed by atoms with E-state index in [-0.39, 0.29) is 34.9 Å². The number of hydrogen-bond acceptors (Lipinski definition) is 10. The first-order valence-corrected chi connectivity index (χ1v) is 11.9. The highest BCUT2D eigenvalue weighted by atomic mass is 35.5. The Morgan fingerprint density at radius 2 is 1.95 bits per heavy atom. The van der Waals surface area contributed by atoms with Crippen LogP contribution in [0.25, 0.3) is 22.6 Å². The lowest BCUT2D eigenvalue weighted by molar-refractivity contribution is -0.149. The van der Waals surface area contributed by atoms with Gasteiger partial charge in [-0.1, -0.05) is 11.6 Å². The summed E-state index contributed by atoms with van der Waals surface area (Å²) in [6.45, 7) is -1.51. The van der Waals surface area contributed by atoms with Gasteiger partial charge in [-0.05, 0) is 18.2 Å². The number of nitrogens with zero attached hydrogens (tertiary/aromatic N) is 6. The molecule has 4 aromatic rings. The Balaban J connectivity index is 1.51. The van der Waals surface area contributed by atoms with Crippen LogP contribution in [0.4, 0.5) is 23.4 Å². The number of pyridine rings is 2. The summed E-state index contributed by atoms with van der Waals surface area (Å²) < 4.78 is 58.2. The van der Waals surface area contributed by atoms with Gasteiger partial charge in [-0.25, -0.2) is 19.3 Å². The predicted octanol–water partition coefficient (Wildman–Crippen LogP) is 1.99. The van der Waals surface area contributed by atoms with Crippen LogP contribution in [0, 0.1) is 5.82 Å². The van der Waals surface area contributed by atoms with E-state index in [0.717, 1.165) is 12.3 Å². The summed E-state index contributed by atoms with van der Waals surface area (Å²) in [5.41, 5.74) is 0.933. The van der Waals surface area contributed by atoms with Gasteiger partial charge in [-0.3, -0.25) is 19.3 Å². The number of aliphatic hydroxyl groups is 2. The lowest BCUT2D eigenvalue weighted by Gasteiger charge is -2.17. The van der Waals surface area contributed by atoms with Crippen molar-refractivity contribution >= 4 is 34.5 Å². The number of rotatable bonds is 7. The van der Waals surface area contributed by atoms with Crippen LogP contribution in [0.1, 0.15) is 11.9 Å². The summed E-state index contributed by atoms with van der Waals surface area (Å²) in [5, 5.41) is 26.2. The average molecular weight is 583 g/mol. The molecule has 40 heavy (non-hydrogen) atoms. The quantitative estimate of drug-likeness (QED) is 0.237. The smallest absolute Gasteiger partial charge is 0.387 e. The van der Waals surface area contributed by atoms with Crippen LogP contribution in [0.3, 0.4) is 0 Å². The van der Waals surface area contributed by atoms with E-state index < -0.39 is 49.0 Å². The summed E-state index contributed by atoms with van der Waals surface area (Å²) in [4.78, 5) is 33.4. The van der Waals surface area contributed by atoms with Gasteiger partial charge in [-0.15, -0.1) is 0 Å². The van der Waals surface area contributed by atoms with Crippen molar-refractivity contribution in [2.45, 2.75) is 37.3 Å². The molecule has 4 atom stereocenters. The molecular weight excluding hydrogens is 564 g/mol. The molecular formula is C23H19ClF4N8O4. The zero-order chi connectivity index (χ0) is 28.6. The molecule has 0 radical (unpaired) electrons. The van der Waals surface area contributed by atoms with Crippen LogP contribution < -0.4 is 10.6 Å². The maximum Gasteiger partial charge on any atom is 0.405 e. The minimum absolute atomic E-state index is 0.00434. The number of aromatic nitrogens is 6. The van der Waals surface area contributed by atoms with Crippen molar-refractivity contribution in [3.63, 3.8) is 0 Å². The fourth-order valence-corrected chi connectivity index (χ4v) is 4.19. The second-order valence-electron chi connectivity index (χ2n) is 8.69. The SMILES string of the molecule is O=C(NCC(F)(F)F)[C@H]1O[C@@H](n2cnc3c(NCc4cc(Cl)ccn4)nc(-c4cncc(F)c4)nc32)[C@H](O)[C@@H]1O. The van der Waals surface area contributed by atoms with Gasteiger partial charge in [0.25, 0.3) is 5.91 Å². The first-order chi connectivity index (χ1) is 19.0. The first kappa shape index (κ1) is 27.6. The average Bonchev–Trinajstić information content (AvgIpc) is 3.46. The van der Waals surface area contributed by atoms with Crippen LogP contribution >= 0.6 is 11.6 Å². The standard InChI is InChI=1S/C23H19ClF4N8O4/c24-11-1-2-30-13(4-11)7-31-19-14-20(35-18(34-19)10-3-12(25)6-29-5-10)36(9-33-14)22-16(38)15(37)17(40-22)21(39)32-8-23(26,27)28/h1-6,9,15-17,22,37-38H,7-8H2,(H,32,39)(H,31,34,35)/t15-,16+,17-,22+/m0/s1. The second-order valence-corrected chi connectivity index (χ2v) is 9.13. The van der Waals surface area contributed by atoms with E-state index in [1.54, 1.807) is 17.4 Å². The zero-order valence-corrected chi connectivity index (χ0v) is 20.8. The lowest BCUT2D eigenvalue weighted by atomic mass is 10.1. The minimum Gasteiger partial charge on any atom is -0.387 e. The van der Waals surface area contributed by atoms with Crippen molar-refractivity contribution < 1.29 is 37.3 Å². The molecule has 12 nitrogen and oxygen atoms in total. The molecule has 1 saturated heterocycles. The second kappa shape index (κ2) is 10.9. The molecule has 0 aliphatic carbocycles. The molecule has 0 bridgehead atoms. The highest BCUT2D eigenvalue weighted by Gasteiger charge is 2.48. The Kier molecular flexibility index (Phi) is 7.50. The molecule has 1 aliphatic rings. The number of amides is 1. The largest absolute Gasteiger partial charge is 0.405 e. The van der Waals surface area contributed by atoms with Gasteiger partial charge in [0.1, 0.15) is 24.6 Å². The summed E-state index contributed by atoms with van der Waals surface area (Å²) in [6, 6.07) is 4.36. The molecule has 5 heterocycles. The Morgan fingerprint density at radius 3 is 2.67 bits per heavy atom. The number of nitrogens with one attached hydrogen (secondary N) is 2. The molecule has 4 aromatic heterocycles. The molecule has 1 fully saturated rings. The number of fused-ring (bicyclic) bond motifs is 1. The van der Waals surface area contributed by atoms with E-state index in [2.05, 4.69) is 30.2 Å². The fraction of sp³-hybridized carbons (Fsp3) is 0.304. The topological polar surface area (TPSA) is 160 Å². The highest BCUT2D eigenvalue weighted by Crippen LogP contribution is 2.34. The van der Waals surface area contributed by atoms with E-state index in [0.29, 0.717) is 10.7 Å². The Labute approximate surface area is 227 Å². The van der Waals surface area contributed by atoms with E-state index in [1.807, 2.05) is 0 Å². The molecule has 0 spiro atoms. The lowest BCUT2D eigenvalue weighted by Crippen LogP contribution is -2.45. The van der Waals surface area contributed by atoms with E-state index in [1.165, 1.54) is 23.3 Å². The van der Waals surface area contributed by atoms with Gasteiger partial charge in [-0.2, -0.15) is 13.2 Å². The zero-order valence-electron chi connectivity index (χ0n) is 20.0. The van der Waals surface area contributed by atoms with Crippen molar-refractivity contribution in [1.29, 1.82) is 0 Å². The molecule has 0 aromatic carbocycles.